The van der Waals surface area contributed by atoms with Gasteiger partial charge in [-0.25, -0.2) is 33.7 Å². The van der Waals surface area contributed by atoms with E-state index in [4.69, 9.17) is 23.4 Å². The molecule has 20 atom stereocenters. The molecule has 0 aromatic heterocycles. The predicted molar refractivity (Wildman–Crippen MR) is 219 cm³/mol. The van der Waals surface area contributed by atoms with Gasteiger partial charge in [0.2, 0.25) is 40.1 Å². The fraction of sp³-hybridized carbons (Fsp3) is 1.00. The molecule has 9 rings (SSSR count). The summed E-state index contributed by atoms with van der Waals surface area (Å²) >= 11 is 0. The Bertz CT molecular complexity index is 1920. The second-order valence-corrected chi connectivity index (χ2v) is 26.1. The molecule has 5 heterocycles. The SMILES string of the molecule is NNS(=O)(=O)C1C2C3NC4NC(NC5NC(NC6NC(NC(N3)C2C(S(=O)(=O)NN)C(S(=O)(=O)NN)C1S(=O)(=O)NN)C1CCCCC61)C1CCCCC51)C1CCCCC41.[Cu]. The number of fused-ring (bicyclic) bond motifs is 20. The Hall–Kier alpha value is -0.321. The molecule has 20 N–H and O–H groups in total. The van der Waals surface area contributed by atoms with Crippen LogP contribution in [0.2, 0.25) is 0 Å². The second-order valence-electron chi connectivity index (χ2n) is 18.7. The normalized spacial score (nSPS) is 47.7. The van der Waals surface area contributed by atoms with E-state index in [9.17, 15) is 33.7 Å². The van der Waals surface area contributed by atoms with E-state index in [2.05, 4.69) is 42.5 Å². The summed E-state index contributed by atoms with van der Waals surface area (Å²) in [5.74, 6) is 20.7. The third kappa shape index (κ3) is 8.09. The van der Waals surface area contributed by atoms with Gasteiger partial charge in [-0.3, -0.25) is 65.9 Å². The minimum atomic E-state index is -5.19. The summed E-state index contributed by atoms with van der Waals surface area (Å²) in [4.78, 5) is 6.67. The minimum Gasteiger partial charge on any atom is -0.286 e. The van der Waals surface area contributed by atoms with Gasteiger partial charge in [0.05, 0.1) is 49.3 Å². The van der Waals surface area contributed by atoms with Crippen LogP contribution in [-0.2, 0) is 57.2 Å². The van der Waals surface area contributed by atoms with E-state index in [0.29, 0.717) is 11.8 Å². The van der Waals surface area contributed by atoms with Crippen LogP contribution < -0.4 is 85.2 Å². The fourth-order valence-electron chi connectivity index (χ4n) is 13.8. The quantitative estimate of drug-likeness (QED) is 0.0611. The molecule has 20 unspecified atom stereocenters. The monoisotopic (exact) mass is 991 g/mol. The van der Waals surface area contributed by atoms with Crippen LogP contribution >= 0.6 is 0 Å². The van der Waals surface area contributed by atoms with Gasteiger partial charge in [-0.15, -0.1) is 0 Å². The molecule has 0 amide bonds. The van der Waals surface area contributed by atoms with E-state index in [1.54, 1.807) is 19.3 Å². The van der Waals surface area contributed by atoms with Crippen LogP contribution in [0.15, 0.2) is 0 Å². The van der Waals surface area contributed by atoms with Crippen molar-refractivity contribution >= 4 is 40.1 Å². The number of hydrogen-bond acceptors (Lipinski definition) is 20. The Morgan fingerprint density at radius 3 is 0.705 bits per heavy atom. The first kappa shape index (κ1) is 47.2. The summed E-state index contributed by atoms with van der Waals surface area (Å²) in [5.41, 5.74) is 0. The molecular formula is C32H64CuN16O8S4. The van der Waals surface area contributed by atoms with Crippen molar-refractivity contribution in [2.45, 2.75) is 147 Å². The topological polar surface area (TPSA) is 385 Å². The Balaban J connectivity index is 0.00000514. The van der Waals surface area contributed by atoms with Gasteiger partial charge in [0.1, 0.15) is 21.0 Å². The van der Waals surface area contributed by atoms with Gasteiger partial charge in [0.25, 0.3) is 0 Å². The maximum atomic E-state index is 14.4. The maximum Gasteiger partial charge on any atom is 0.229 e. The predicted octanol–water partition coefficient (Wildman–Crippen LogP) is -6.31. The molecule has 9 aliphatic rings. The molecule has 5 aliphatic heterocycles. The van der Waals surface area contributed by atoms with Crippen LogP contribution in [0, 0.1) is 47.3 Å². The van der Waals surface area contributed by atoms with E-state index in [1.165, 1.54) is 0 Å². The molecule has 0 aromatic carbocycles. The molecule has 9 fully saturated rings. The average Bonchev–Trinajstić information content (AvgIpc) is 3.98. The number of nitrogens with one attached hydrogen (secondary N) is 12. The van der Waals surface area contributed by atoms with E-state index < -0.39 is 97.6 Å². The van der Waals surface area contributed by atoms with Gasteiger partial charge in [-0.05, 0) is 74.0 Å². The number of sulfonamides is 4. The van der Waals surface area contributed by atoms with Gasteiger partial charge in [-0.1, -0.05) is 38.5 Å². The van der Waals surface area contributed by atoms with Crippen LogP contribution in [0.3, 0.4) is 0 Å². The van der Waals surface area contributed by atoms with Gasteiger partial charge in [0.15, 0.2) is 0 Å². The van der Waals surface area contributed by atoms with Crippen molar-refractivity contribution in [2.75, 3.05) is 0 Å². The second kappa shape index (κ2) is 17.7. The molecule has 4 saturated carbocycles. The third-order valence-electron chi connectivity index (χ3n) is 16.1. The molecule has 29 heteroatoms. The first-order chi connectivity index (χ1) is 28.5. The number of rotatable bonds is 8. The van der Waals surface area contributed by atoms with E-state index in [0.717, 1.165) is 77.0 Å². The molecule has 8 bridgehead atoms. The summed E-state index contributed by atoms with van der Waals surface area (Å²) in [5, 5.41) is 20.7. The van der Waals surface area contributed by atoms with Gasteiger partial charge in [0, 0.05) is 28.9 Å². The van der Waals surface area contributed by atoms with Crippen molar-refractivity contribution in [1.82, 2.24) is 61.9 Å². The Kier molecular flexibility index (Phi) is 13.7. The summed E-state index contributed by atoms with van der Waals surface area (Å²) in [6, 6.07) is 0. The fourth-order valence-corrected chi connectivity index (χ4v) is 21.9. The molecule has 355 valence electrons. The zero-order valence-electron chi connectivity index (χ0n) is 33.5. The molecule has 0 spiro atoms. The van der Waals surface area contributed by atoms with E-state index in [-0.39, 0.29) is 65.4 Å². The molecule has 0 aromatic rings. The summed E-state index contributed by atoms with van der Waals surface area (Å²) in [7, 11) is -20.4. The Morgan fingerprint density at radius 1 is 0.311 bits per heavy atom. The molecule has 24 nitrogen and oxygen atoms in total. The van der Waals surface area contributed by atoms with Crippen molar-refractivity contribution in [3.63, 3.8) is 0 Å². The van der Waals surface area contributed by atoms with Crippen LogP contribution in [0.25, 0.3) is 0 Å². The average molecular weight is 993 g/mol. The molecular weight excluding hydrogens is 928 g/mol. The summed E-state index contributed by atoms with van der Waals surface area (Å²) < 4.78 is 114. The van der Waals surface area contributed by atoms with Crippen LogP contribution in [-0.4, -0.2) is 104 Å². The largest absolute Gasteiger partial charge is 0.286 e. The maximum absolute atomic E-state index is 14.4. The van der Waals surface area contributed by atoms with Crippen LogP contribution in [0.1, 0.15) is 77.0 Å². The van der Waals surface area contributed by atoms with E-state index in [1.807, 2.05) is 0 Å². The molecule has 4 aliphatic carbocycles. The Labute approximate surface area is 368 Å². The first-order valence-electron chi connectivity index (χ1n) is 21.5. The van der Waals surface area contributed by atoms with Gasteiger partial charge < -0.3 is 0 Å². The molecule has 1 radical (unpaired) electrons. The third-order valence-corrected chi connectivity index (χ3v) is 23.2. The van der Waals surface area contributed by atoms with Crippen molar-refractivity contribution in [3.05, 3.63) is 0 Å². The zero-order chi connectivity index (χ0) is 42.5. The van der Waals surface area contributed by atoms with Crippen molar-refractivity contribution in [2.24, 2.45) is 70.7 Å². The number of nitrogens with two attached hydrogens (primary N) is 4. The Morgan fingerprint density at radius 2 is 0.492 bits per heavy atom. The summed E-state index contributed by atoms with van der Waals surface area (Å²) in [6.45, 7) is 0. The van der Waals surface area contributed by atoms with E-state index >= 15 is 0 Å². The molecule has 5 saturated heterocycles. The van der Waals surface area contributed by atoms with Crippen molar-refractivity contribution < 1.29 is 50.7 Å². The van der Waals surface area contributed by atoms with Gasteiger partial charge in [-0.2, -0.15) is 19.3 Å². The number of hydrazine groups is 4. The standard InChI is InChI=1S/C32H64N16O8S4.Cu/c33-45-57(49,50)21-19-20(22(58(51,52)46-34)24(60(55,56)48-36)23(21)59(53,54)47-35)32-43-30-18-12-6-4-10-16(18)28(41-30)39-26-14-8-2-1-7-13(14)25(37-26)38-27-15-9-3-5-11-17(15)29(40-27)42-31(19)44-32;/h13-32,37-48H,1-12,33-36H2;. The van der Waals surface area contributed by atoms with Crippen molar-refractivity contribution in [1.29, 1.82) is 0 Å². The minimum absolute atomic E-state index is 0. The zero-order valence-corrected chi connectivity index (χ0v) is 37.7. The molecule has 61 heavy (non-hydrogen) atoms. The smallest absolute Gasteiger partial charge is 0.229 e. The van der Waals surface area contributed by atoms with Crippen molar-refractivity contribution in [3.8, 4) is 0 Å². The number of hydrogen-bond donors (Lipinski definition) is 16. The first-order valence-corrected chi connectivity index (χ1v) is 27.7. The van der Waals surface area contributed by atoms with Crippen LogP contribution in [0.4, 0.5) is 0 Å². The van der Waals surface area contributed by atoms with Crippen LogP contribution in [0.5, 0.6) is 0 Å². The summed E-state index contributed by atoms with van der Waals surface area (Å²) in [6.07, 6.45) is 8.64. The van der Waals surface area contributed by atoms with Gasteiger partial charge >= 0.3 is 0 Å².